The van der Waals surface area contributed by atoms with Crippen LogP contribution in [0.25, 0.3) is 10.8 Å². The number of hydrogen-bond acceptors (Lipinski definition) is 6. The fraction of sp³-hybridized carbons (Fsp3) is 0.217. The molecule has 0 saturated carbocycles. The zero-order chi connectivity index (χ0) is 23.3. The number of rotatable bonds is 7. The largest absolute Gasteiger partial charge is 0.393 e. The molecule has 0 aliphatic heterocycles. The van der Waals surface area contributed by atoms with Gasteiger partial charge in [0.1, 0.15) is 5.82 Å². The Bertz CT molecular complexity index is 1310. The average Bonchev–Trinajstić information content (AvgIpc) is 2.75. The number of Topliss-reactive ketones (excluding diaryl/α,β-unsaturated/α-hetero) is 1. The van der Waals surface area contributed by atoms with Crippen molar-refractivity contribution in [3.63, 3.8) is 0 Å². The first-order valence-electron chi connectivity index (χ1n) is 9.72. The summed E-state index contributed by atoms with van der Waals surface area (Å²) in [4.78, 5) is 16.4. The highest BCUT2D eigenvalue weighted by Gasteiger charge is 2.14. The summed E-state index contributed by atoms with van der Waals surface area (Å²) in [6.45, 7) is 0. The van der Waals surface area contributed by atoms with Crippen molar-refractivity contribution < 1.29 is 22.2 Å². The molecule has 0 amide bonds. The van der Waals surface area contributed by atoms with Crippen LogP contribution in [0.4, 0.5) is 9.70 Å². The maximum atomic E-state index is 12.5. The van der Waals surface area contributed by atoms with Crippen LogP contribution >= 0.6 is 11.6 Å². The van der Waals surface area contributed by atoms with Crippen molar-refractivity contribution in [3.8, 4) is 11.8 Å². The second kappa shape index (κ2) is 10.1. The Morgan fingerprint density at radius 3 is 2.56 bits per heavy atom. The highest BCUT2D eigenvalue weighted by molar-refractivity contribution is 7.86. The molecule has 2 aromatic carbocycles. The summed E-state index contributed by atoms with van der Waals surface area (Å²) in [5.41, 5.74) is 7.65. The van der Waals surface area contributed by atoms with E-state index in [2.05, 4.69) is 16.8 Å². The van der Waals surface area contributed by atoms with Gasteiger partial charge in [0.2, 0.25) is 0 Å². The van der Waals surface area contributed by atoms with Crippen molar-refractivity contribution in [1.29, 1.82) is 0 Å². The van der Waals surface area contributed by atoms with Gasteiger partial charge in [0.15, 0.2) is 5.78 Å². The maximum absolute atomic E-state index is 12.5. The molecule has 3 rings (SSSR count). The first-order valence-corrected chi connectivity index (χ1v) is 11.6. The SMILES string of the molecule is Nc1ncc2ccc(Cl)cc2c1C#Cc1ccc(C(=O)CCC(O)CCS(=O)(=O)F)cc1. The minimum Gasteiger partial charge on any atom is -0.393 e. The van der Waals surface area contributed by atoms with E-state index in [9.17, 15) is 22.2 Å². The predicted molar refractivity (Wildman–Crippen MR) is 123 cm³/mol. The lowest BCUT2D eigenvalue weighted by Crippen LogP contribution is -2.14. The average molecular weight is 475 g/mol. The van der Waals surface area contributed by atoms with Crippen LogP contribution in [0.3, 0.4) is 0 Å². The minimum absolute atomic E-state index is 0.0114. The van der Waals surface area contributed by atoms with Crippen molar-refractivity contribution in [2.75, 3.05) is 11.5 Å². The van der Waals surface area contributed by atoms with Gasteiger partial charge in [0, 0.05) is 39.5 Å². The zero-order valence-electron chi connectivity index (χ0n) is 16.9. The van der Waals surface area contributed by atoms with Crippen LogP contribution in [-0.4, -0.2) is 36.1 Å². The summed E-state index contributed by atoms with van der Waals surface area (Å²) >= 11 is 6.09. The van der Waals surface area contributed by atoms with Gasteiger partial charge in [0.05, 0.1) is 17.4 Å². The molecule has 6 nitrogen and oxygen atoms in total. The van der Waals surface area contributed by atoms with Crippen LogP contribution in [-0.2, 0) is 10.2 Å². The number of carbonyl (C=O) groups excluding carboxylic acids is 1. The number of nitrogens with two attached hydrogens (primary N) is 1. The van der Waals surface area contributed by atoms with Crippen molar-refractivity contribution in [1.82, 2.24) is 4.98 Å². The molecule has 9 heteroatoms. The molecule has 3 N–H and O–H groups in total. The Balaban J connectivity index is 1.68. The maximum Gasteiger partial charge on any atom is 0.302 e. The molecule has 1 heterocycles. The third-order valence-corrected chi connectivity index (χ3v) is 5.78. The number of carbonyl (C=O) groups is 1. The molecule has 0 fully saturated rings. The number of nitrogen functional groups attached to an aromatic ring is 1. The molecule has 1 aromatic heterocycles. The number of aliphatic hydroxyl groups is 1. The fourth-order valence-corrected chi connectivity index (χ4v) is 3.79. The van der Waals surface area contributed by atoms with Gasteiger partial charge in [-0.15, -0.1) is 3.89 Å². The molecule has 1 unspecified atom stereocenters. The van der Waals surface area contributed by atoms with Gasteiger partial charge < -0.3 is 10.8 Å². The molecule has 0 radical (unpaired) electrons. The third kappa shape index (κ3) is 6.50. The van der Waals surface area contributed by atoms with Crippen molar-refractivity contribution in [2.45, 2.75) is 25.4 Å². The number of ketones is 1. The van der Waals surface area contributed by atoms with E-state index in [1.54, 1.807) is 42.6 Å². The lowest BCUT2D eigenvalue weighted by molar-refractivity contribution is 0.0938. The number of anilines is 1. The Kier molecular flexibility index (Phi) is 7.46. The Labute approximate surface area is 190 Å². The smallest absolute Gasteiger partial charge is 0.302 e. The quantitative estimate of drug-likeness (QED) is 0.305. The van der Waals surface area contributed by atoms with E-state index in [-0.39, 0.29) is 30.9 Å². The number of halogens is 2. The number of aliphatic hydroxyl groups excluding tert-OH is 1. The predicted octanol–water partition coefficient (Wildman–Crippen LogP) is 3.88. The molecule has 3 aromatic rings. The first kappa shape index (κ1) is 23.7. The summed E-state index contributed by atoms with van der Waals surface area (Å²) in [5.74, 6) is 5.33. The molecule has 0 saturated heterocycles. The highest BCUT2D eigenvalue weighted by Crippen LogP contribution is 2.25. The minimum atomic E-state index is -4.63. The summed E-state index contributed by atoms with van der Waals surface area (Å²) in [6.07, 6.45) is 0.393. The van der Waals surface area contributed by atoms with E-state index >= 15 is 0 Å². The van der Waals surface area contributed by atoms with E-state index in [1.807, 2.05) is 6.07 Å². The number of aromatic nitrogens is 1. The standard InChI is InChI=1S/C23H20ClFN2O4S/c24-18-7-6-17-14-27-23(26)20(21(17)13-18)9-3-15-1-4-16(5-2-15)22(29)10-8-19(28)11-12-32(25,30)31/h1-2,4-7,13-14,19,28H,8,10-12H2,(H2,26,27). The fourth-order valence-electron chi connectivity index (χ4n) is 3.07. The van der Waals surface area contributed by atoms with Crippen LogP contribution in [0.15, 0.2) is 48.7 Å². The number of hydrogen-bond donors (Lipinski definition) is 2. The van der Waals surface area contributed by atoms with Gasteiger partial charge >= 0.3 is 10.2 Å². The van der Waals surface area contributed by atoms with Crippen LogP contribution in [0.2, 0.25) is 5.02 Å². The van der Waals surface area contributed by atoms with E-state index in [1.165, 1.54) is 0 Å². The van der Waals surface area contributed by atoms with Gasteiger partial charge in [-0.1, -0.05) is 41.6 Å². The van der Waals surface area contributed by atoms with Crippen molar-refractivity contribution >= 4 is 44.2 Å². The van der Waals surface area contributed by atoms with E-state index in [4.69, 9.17) is 17.3 Å². The Morgan fingerprint density at radius 2 is 1.88 bits per heavy atom. The van der Waals surface area contributed by atoms with Crippen LogP contribution < -0.4 is 5.73 Å². The van der Waals surface area contributed by atoms with E-state index < -0.39 is 22.1 Å². The molecule has 1 atom stereocenters. The van der Waals surface area contributed by atoms with Crippen LogP contribution in [0, 0.1) is 11.8 Å². The number of benzene rings is 2. The number of pyridine rings is 1. The molecule has 0 bridgehead atoms. The van der Waals surface area contributed by atoms with Gasteiger partial charge in [-0.25, -0.2) is 4.98 Å². The van der Waals surface area contributed by atoms with Gasteiger partial charge in [-0.2, -0.15) is 8.42 Å². The lowest BCUT2D eigenvalue weighted by Gasteiger charge is -2.08. The molecule has 0 aliphatic carbocycles. The summed E-state index contributed by atoms with van der Waals surface area (Å²) < 4.78 is 33.5. The lowest BCUT2D eigenvalue weighted by atomic mass is 10.0. The molecule has 32 heavy (non-hydrogen) atoms. The van der Waals surface area contributed by atoms with Crippen LogP contribution in [0.5, 0.6) is 0 Å². The normalized spacial score (nSPS) is 12.2. The Morgan fingerprint density at radius 1 is 1.16 bits per heavy atom. The molecule has 0 spiro atoms. The van der Waals surface area contributed by atoms with Gasteiger partial charge in [-0.3, -0.25) is 4.79 Å². The summed E-state index contributed by atoms with van der Waals surface area (Å²) in [5, 5.41) is 11.9. The van der Waals surface area contributed by atoms with Gasteiger partial charge in [0.25, 0.3) is 0 Å². The molecular formula is C23H20ClFN2O4S. The molecule has 0 aliphatic rings. The monoisotopic (exact) mass is 474 g/mol. The van der Waals surface area contributed by atoms with Crippen molar-refractivity contribution in [2.24, 2.45) is 0 Å². The molecule has 166 valence electrons. The second-order valence-electron chi connectivity index (χ2n) is 7.22. The summed E-state index contributed by atoms with van der Waals surface area (Å²) in [7, 11) is -4.63. The number of fused-ring (bicyclic) bond motifs is 1. The Hall–Kier alpha value is -2.99. The first-order chi connectivity index (χ1) is 15.1. The van der Waals surface area contributed by atoms with Gasteiger partial charge in [-0.05, 0) is 37.1 Å². The highest BCUT2D eigenvalue weighted by atomic mass is 35.5. The van der Waals surface area contributed by atoms with Crippen molar-refractivity contribution in [3.05, 3.63) is 70.4 Å². The topological polar surface area (TPSA) is 110 Å². The number of nitrogens with zero attached hydrogens (tertiary/aromatic N) is 1. The summed E-state index contributed by atoms with van der Waals surface area (Å²) in [6, 6.07) is 12.0. The van der Waals surface area contributed by atoms with E-state index in [0.717, 1.165) is 10.8 Å². The van der Waals surface area contributed by atoms with Crippen LogP contribution in [0.1, 0.15) is 40.7 Å². The molecular weight excluding hydrogens is 455 g/mol. The third-order valence-electron chi connectivity index (χ3n) is 4.82. The second-order valence-corrected chi connectivity index (χ2v) is 9.15. The zero-order valence-corrected chi connectivity index (χ0v) is 18.5. The van der Waals surface area contributed by atoms with E-state index in [0.29, 0.717) is 21.7 Å².